The summed E-state index contributed by atoms with van der Waals surface area (Å²) in [4.78, 5) is 0. The van der Waals surface area contributed by atoms with E-state index in [1.165, 1.54) is 19.3 Å². The van der Waals surface area contributed by atoms with Crippen molar-refractivity contribution in [3.8, 4) is 0 Å². The first-order chi connectivity index (χ1) is 5.90. The zero-order valence-corrected chi connectivity index (χ0v) is 9.75. The average Bonchev–Trinajstić information content (AvgIpc) is 2.51. The number of halogens is 2. The van der Waals surface area contributed by atoms with E-state index >= 15 is 0 Å². The molecule has 0 aromatic rings. The maximum absolute atomic E-state index is 6.29. The molecule has 0 heterocycles. The Bertz CT molecular complexity index is 267. The highest BCUT2D eigenvalue weighted by atomic mass is 35.5. The van der Waals surface area contributed by atoms with E-state index in [0.717, 1.165) is 18.3 Å². The van der Waals surface area contributed by atoms with Gasteiger partial charge >= 0.3 is 0 Å². The predicted octanol–water partition coefficient (Wildman–Crippen LogP) is 4.01. The second-order valence-corrected chi connectivity index (χ2v) is 7.37. The summed E-state index contributed by atoms with van der Waals surface area (Å²) < 4.78 is -0.375. The van der Waals surface area contributed by atoms with Crippen LogP contribution in [0.1, 0.15) is 39.5 Å². The van der Waals surface area contributed by atoms with Gasteiger partial charge < -0.3 is 0 Å². The molecule has 0 unspecified atom stereocenters. The molecule has 4 fully saturated rings. The molecule has 13 heavy (non-hydrogen) atoms. The first-order valence-electron chi connectivity index (χ1n) is 5.28. The smallest absolute Gasteiger partial charge is 0.101 e. The van der Waals surface area contributed by atoms with Gasteiger partial charge in [-0.05, 0) is 42.9 Å². The minimum atomic E-state index is -0.375. The Labute approximate surface area is 90.0 Å². The normalized spacial score (nSPS) is 54.5. The number of fused-ring (bicyclic) bond motifs is 1. The summed E-state index contributed by atoms with van der Waals surface area (Å²) in [6, 6.07) is 0. The Kier molecular flexibility index (Phi) is 1.41. The Hall–Kier alpha value is 0.580. The van der Waals surface area contributed by atoms with Crippen LogP contribution in [0.2, 0.25) is 0 Å². The summed E-state index contributed by atoms with van der Waals surface area (Å²) in [5.74, 6) is 1.75. The van der Waals surface area contributed by atoms with Crippen molar-refractivity contribution in [2.45, 2.75) is 43.9 Å². The molecule has 2 heteroatoms. The first-order valence-corrected chi connectivity index (χ1v) is 6.04. The van der Waals surface area contributed by atoms with Gasteiger partial charge in [0.25, 0.3) is 0 Å². The lowest BCUT2D eigenvalue weighted by atomic mass is 9.44. The minimum absolute atomic E-state index is 0.314. The predicted molar refractivity (Wildman–Crippen MR) is 56.1 cm³/mol. The fourth-order valence-corrected chi connectivity index (χ4v) is 4.98. The van der Waals surface area contributed by atoms with E-state index in [1.54, 1.807) is 0 Å². The van der Waals surface area contributed by atoms with Gasteiger partial charge in [0.1, 0.15) is 4.33 Å². The van der Waals surface area contributed by atoms with E-state index in [9.17, 15) is 0 Å². The van der Waals surface area contributed by atoms with Crippen molar-refractivity contribution in [3.05, 3.63) is 0 Å². The highest BCUT2D eigenvalue weighted by Gasteiger charge is 2.76. The molecule has 0 amide bonds. The molecule has 2 bridgehead atoms. The summed E-state index contributed by atoms with van der Waals surface area (Å²) in [6.45, 7) is 4.80. The molecule has 74 valence electrons. The lowest BCUT2D eigenvalue weighted by Crippen LogP contribution is -2.54. The van der Waals surface area contributed by atoms with Crippen LogP contribution in [0.25, 0.3) is 0 Å². The molecule has 4 aliphatic carbocycles. The van der Waals surface area contributed by atoms with Crippen molar-refractivity contribution in [3.63, 3.8) is 0 Å². The molecule has 4 aliphatic rings. The minimum Gasteiger partial charge on any atom is -0.101 e. The summed E-state index contributed by atoms with van der Waals surface area (Å²) in [5.41, 5.74) is 0.831. The van der Waals surface area contributed by atoms with Crippen molar-refractivity contribution in [1.29, 1.82) is 0 Å². The van der Waals surface area contributed by atoms with E-state index < -0.39 is 0 Å². The Morgan fingerprint density at radius 2 is 1.85 bits per heavy atom. The fourth-order valence-electron chi connectivity index (χ4n) is 4.05. The Balaban J connectivity index is 1.94. The molecule has 3 atom stereocenters. The Morgan fingerprint density at radius 3 is 2.15 bits per heavy atom. The molecule has 0 N–H and O–H groups in total. The number of alkyl halides is 2. The summed E-state index contributed by atoms with van der Waals surface area (Å²) in [5, 5.41) is 0. The zero-order chi connectivity index (χ0) is 9.48. The van der Waals surface area contributed by atoms with E-state index in [1.807, 2.05) is 0 Å². The molecule has 4 saturated carbocycles. The fraction of sp³-hybridized carbons (Fsp3) is 1.00. The molecule has 0 radical (unpaired) electrons. The van der Waals surface area contributed by atoms with Crippen LogP contribution in [-0.4, -0.2) is 4.33 Å². The van der Waals surface area contributed by atoms with Crippen molar-refractivity contribution in [1.82, 2.24) is 0 Å². The molecule has 4 rings (SSSR count). The molecule has 0 nitrogen and oxygen atoms in total. The van der Waals surface area contributed by atoms with E-state index in [4.69, 9.17) is 23.2 Å². The molecule has 0 aliphatic heterocycles. The average molecular weight is 219 g/mol. The van der Waals surface area contributed by atoms with Crippen LogP contribution >= 0.6 is 23.2 Å². The number of hydrogen-bond acceptors (Lipinski definition) is 0. The largest absolute Gasteiger partial charge is 0.124 e. The monoisotopic (exact) mass is 218 g/mol. The molecule has 0 aromatic carbocycles. The van der Waals surface area contributed by atoms with Gasteiger partial charge in [0.05, 0.1) is 0 Å². The van der Waals surface area contributed by atoms with E-state index in [0.29, 0.717) is 10.8 Å². The van der Waals surface area contributed by atoms with Crippen molar-refractivity contribution < 1.29 is 0 Å². The Morgan fingerprint density at radius 1 is 1.23 bits per heavy atom. The number of hydrogen-bond donors (Lipinski definition) is 0. The van der Waals surface area contributed by atoms with Gasteiger partial charge in [-0.25, -0.2) is 0 Å². The van der Waals surface area contributed by atoms with Crippen LogP contribution in [0.4, 0.5) is 0 Å². The van der Waals surface area contributed by atoms with Crippen LogP contribution in [0, 0.1) is 22.7 Å². The maximum Gasteiger partial charge on any atom is 0.124 e. The molecule has 0 saturated heterocycles. The van der Waals surface area contributed by atoms with Crippen molar-refractivity contribution in [2.75, 3.05) is 0 Å². The third kappa shape index (κ3) is 0.814. The van der Waals surface area contributed by atoms with Crippen molar-refractivity contribution in [2.24, 2.45) is 22.7 Å². The van der Waals surface area contributed by atoms with Gasteiger partial charge in [0, 0.05) is 5.41 Å². The maximum atomic E-state index is 6.29. The summed E-state index contributed by atoms with van der Waals surface area (Å²) >= 11 is 12.6. The molecule has 1 spiro atoms. The summed E-state index contributed by atoms with van der Waals surface area (Å²) in [6.07, 6.45) is 5.06. The standard InChI is InChI=1S/C11H16Cl2/c1-9(2)7-3-4-10(8(9)5-7)6-11(10,12)13/h7-8H,3-6H2,1-2H3/t7-,8+,10-/m1/s1. The van der Waals surface area contributed by atoms with Gasteiger partial charge in [-0.15, -0.1) is 23.2 Å². The van der Waals surface area contributed by atoms with Crippen LogP contribution in [0.15, 0.2) is 0 Å². The van der Waals surface area contributed by atoms with Gasteiger partial charge in [0.2, 0.25) is 0 Å². The van der Waals surface area contributed by atoms with Crippen LogP contribution in [0.5, 0.6) is 0 Å². The van der Waals surface area contributed by atoms with Gasteiger partial charge in [0.15, 0.2) is 0 Å². The topological polar surface area (TPSA) is 0 Å². The van der Waals surface area contributed by atoms with Gasteiger partial charge in [-0.1, -0.05) is 13.8 Å². The van der Waals surface area contributed by atoms with E-state index in [-0.39, 0.29) is 4.33 Å². The zero-order valence-electron chi connectivity index (χ0n) is 8.24. The highest BCUT2D eigenvalue weighted by Crippen LogP contribution is 2.81. The van der Waals surface area contributed by atoms with Crippen LogP contribution in [0.3, 0.4) is 0 Å². The molecule has 0 aromatic heterocycles. The highest BCUT2D eigenvalue weighted by molar-refractivity contribution is 6.51. The second-order valence-electron chi connectivity index (χ2n) is 5.88. The third-order valence-corrected chi connectivity index (χ3v) is 6.24. The second kappa shape index (κ2) is 2.07. The molecular formula is C11H16Cl2. The van der Waals surface area contributed by atoms with Gasteiger partial charge in [-0.3, -0.25) is 0 Å². The van der Waals surface area contributed by atoms with Crippen molar-refractivity contribution >= 4 is 23.2 Å². The first kappa shape index (κ1) is 8.85. The quantitative estimate of drug-likeness (QED) is 0.540. The van der Waals surface area contributed by atoms with Gasteiger partial charge in [-0.2, -0.15) is 0 Å². The lowest BCUT2D eigenvalue weighted by Gasteiger charge is -2.61. The van der Waals surface area contributed by atoms with E-state index in [2.05, 4.69) is 13.8 Å². The SMILES string of the molecule is CC1(C)[C@@H]2CC[C@@]3(CC3(Cl)Cl)[C@H]1C2. The number of rotatable bonds is 0. The summed E-state index contributed by atoms with van der Waals surface area (Å²) in [7, 11) is 0. The third-order valence-electron chi connectivity index (χ3n) is 5.22. The van der Waals surface area contributed by atoms with Crippen LogP contribution in [-0.2, 0) is 0 Å². The van der Waals surface area contributed by atoms with Crippen LogP contribution < -0.4 is 0 Å². The molecular weight excluding hydrogens is 203 g/mol. The lowest BCUT2D eigenvalue weighted by molar-refractivity contribution is -0.117.